The normalized spacial score (nSPS) is 10.7. The van der Waals surface area contributed by atoms with Crippen LogP contribution >= 0.6 is 15.9 Å². The van der Waals surface area contributed by atoms with Crippen molar-refractivity contribution < 1.29 is 13.5 Å². The summed E-state index contributed by atoms with van der Waals surface area (Å²) in [6, 6.07) is 9.08. The van der Waals surface area contributed by atoms with Gasteiger partial charge in [0.25, 0.3) is 0 Å². The highest BCUT2D eigenvalue weighted by Crippen LogP contribution is 2.29. The standard InChI is InChI=1S/C16H16BrF2NO/c1-2-8-20-10-12-14(18)4-3-5-16(12)21-11-6-7-13(17)15(19)9-11/h3-7,9,20H,2,8,10H2,1H3. The molecule has 0 atom stereocenters. The maximum atomic E-state index is 13.9. The van der Waals surface area contributed by atoms with E-state index in [1.165, 1.54) is 12.1 Å². The van der Waals surface area contributed by atoms with Crippen molar-refractivity contribution in [2.24, 2.45) is 0 Å². The third-order valence-electron chi connectivity index (χ3n) is 2.92. The second-order valence-corrected chi connectivity index (χ2v) is 5.43. The first-order chi connectivity index (χ1) is 10.1. The molecule has 2 aromatic carbocycles. The van der Waals surface area contributed by atoms with Crippen molar-refractivity contribution in [3.8, 4) is 11.5 Å². The van der Waals surface area contributed by atoms with E-state index in [9.17, 15) is 8.78 Å². The molecule has 0 saturated heterocycles. The number of ether oxygens (including phenoxy) is 1. The molecule has 112 valence electrons. The van der Waals surface area contributed by atoms with E-state index < -0.39 is 5.82 Å². The molecule has 0 amide bonds. The molecule has 5 heteroatoms. The summed E-state index contributed by atoms with van der Waals surface area (Å²) in [6.45, 7) is 3.20. The number of benzene rings is 2. The molecule has 2 rings (SSSR count). The SMILES string of the molecule is CCCNCc1c(F)cccc1Oc1ccc(Br)c(F)c1. The lowest BCUT2D eigenvalue weighted by molar-refractivity contribution is 0.457. The molecule has 0 fully saturated rings. The van der Waals surface area contributed by atoms with Crippen molar-refractivity contribution in [3.63, 3.8) is 0 Å². The third kappa shape index (κ3) is 4.25. The van der Waals surface area contributed by atoms with Crippen LogP contribution in [-0.4, -0.2) is 6.54 Å². The van der Waals surface area contributed by atoms with Crippen LogP contribution in [0.15, 0.2) is 40.9 Å². The second kappa shape index (κ2) is 7.52. The van der Waals surface area contributed by atoms with Gasteiger partial charge in [-0.3, -0.25) is 0 Å². The van der Waals surface area contributed by atoms with Crippen LogP contribution in [0.4, 0.5) is 8.78 Å². The molecule has 0 aliphatic heterocycles. The van der Waals surface area contributed by atoms with Gasteiger partial charge >= 0.3 is 0 Å². The topological polar surface area (TPSA) is 21.3 Å². The van der Waals surface area contributed by atoms with E-state index in [-0.39, 0.29) is 5.82 Å². The predicted molar refractivity (Wildman–Crippen MR) is 82.6 cm³/mol. The van der Waals surface area contributed by atoms with Gasteiger partial charge in [-0.05, 0) is 53.2 Å². The predicted octanol–water partition coefficient (Wildman–Crippen LogP) is 5.02. The lowest BCUT2D eigenvalue weighted by Gasteiger charge is -2.13. The summed E-state index contributed by atoms with van der Waals surface area (Å²) in [7, 11) is 0. The molecule has 0 saturated carbocycles. The highest BCUT2D eigenvalue weighted by Gasteiger charge is 2.11. The summed E-state index contributed by atoms with van der Waals surface area (Å²) >= 11 is 3.08. The number of nitrogens with one attached hydrogen (secondary N) is 1. The molecule has 1 N–H and O–H groups in total. The average molecular weight is 356 g/mol. The van der Waals surface area contributed by atoms with Crippen LogP contribution in [0, 0.1) is 11.6 Å². The molecule has 0 radical (unpaired) electrons. The summed E-state index contributed by atoms with van der Waals surface area (Å²) in [5, 5.41) is 3.14. The minimum Gasteiger partial charge on any atom is -0.457 e. The van der Waals surface area contributed by atoms with Crippen LogP contribution in [0.25, 0.3) is 0 Å². The monoisotopic (exact) mass is 355 g/mol. The maximum Gasteiger partial charge on any atom is 0.141 e. The van der Waals surface area contributed by atoms with E-state index >= 15 is 0 Å². The zero-order valence-electron chi connectivity index (χ0n) is 11.6. The van der Waals surface area contributed by atoms with Crippen LogP contribution in [0.3, 0.4) is 0 Å². The van der Waals surface area contributed by atoms with Crippen molar-refractivity contribution in [1.82, 2.24) is 5.32 Å². The Kier molecular flexibility index (Phi) is 5.70. The first kappa shape index (κ1) is 15.9. The first-order valence-corrected chi connectivity index (χ1v) is 7.52. The molecule has 0 bridgehead atoms. The van der Waals surface area contributed by atoms with Crippen LogP contribution < -0.4 is 10.1 Å². The van der Waals surface area contributed by atoms with E-state index in [1.807, 2.05) is 6.92 Å². The quantitative estimate of drug-likeness (QED) is 0.734. The van der Waals surface area contributed by atoms with Crippen molar-refractivity contribution in [2.75, 3.05) is 6.54 Å². The van der Waals surface area contributed by atoms with Gasteiger partial charge in [-0.2, -0.15) is 0 Å². The van der Waals surface area contributed by atoms with Gasteiger partial charge in [0.05, 0.1) is 4.47 Å². The molecule has 0 unspecified atom stereocenters. The summed E-state index contributed by atoms with van der Waals surface area (Å²) in [4.78, 5) is 0. The smallest absolute Gasteiger partial charge is 0.141 e. The van der Waals surface area contributed by atoms with E-state index in [0.29, 0.717) is 28.1 Å². The summed E-state index contributed by atoms with van der Waals surface area (Å²) in [5.41, 5.74) is 0.439. The molecular weight excluding hydrogens is 340 g/mol. The highest BCUT2D eigenvalue weighted by molar-refractivity contribution is 9.10. The summed E-state index contributed by atoms with van der Waals surface area (Å²) in [6.07, 6.45) is 0.961. The van der Waals surface area contributed by atoms with Gasteiger partial charge in [-0.1, -0.05) is 13.0 Å². The third-order valence-corrected chi connectivity index (χ3v) is 3.57. The average Bonchev–Trinajstić information content (AvgIpc) is 2.46. The zero-order chi connectivity index (χ0) is 15.2. The Balaban J connectivity index is 2.22. The minimum absolute atomic E-state index is 0.332. The fourth-order valence-electron chi connectivity index (χ4n) is 1.86. The van der Waals surface area contributed by atoms with Gasteiger partial charge in [0.1, 0.15) is 23.1 Å². The molecule has 0 heterocycles. The molecule has 0 aliphatic rings. The second-order valence-electron chi connectivity index (χ2n) is 4.57. The summed E-state index contributed by atoms with van der Waals surface area (Å²) < 4.78 is 33.4. The largest absolute Gasteiger partial charge is 0.457 e. The summed E-state index contributed by atoms with van der Waals surface area (Å²) in [5.74, 6) is -0.0402. The molecule has 0 aliphatic carbocycles. The Bertz CT molecular complexity index is 619. The number of hydrogen-bond donors (Lipinski definition) is 1. The van der Waals surface area contributed by atoms with Gasteiger partial charge < -0.3 is 10.1 Å². The van der Waals surface area contributed by atoms with E-state index in [2.05, 4.69) is 21.2 Å². The Morgan fingerprint density at radius 3 is 2.67 bits per heavy atom. The van der Waals surface area contributed by atoms with Gasteiger partial charge in [0.2, 0.25) is 0 Å². The lowest BCUT2D eigenvalue weighted by atomic mass is 10.2. The van der Waals surface area contributed by atoms with Gasteiger partial charge in [-0.25, -0.2) is 8.78 Å². The van der Waals surface area contributed by atoms with Crippen molar-refractivity contribution in [1.29, 1.82) is 0 Å². The molecule has 2 nitrogen and oxygen atoms in total. The minimum atomic E-state index is -0.422. The molecule has 2 aromatic rings. The molecule has 0 aromatic heterocycles. The first-order valence-electron chi connectivity index (χ1n) is 6.73. The Labute approximate surface area is 131 Å². The van der Waals surface area contributed by atoms with Crippen molar-refractivity contribution in [3.05, 3.63) is 58.1 Å². The van der Waals surface area contributed by atoms with Crippen LogP contribution in [0.1, 0.15) is 18.9 Å². The van der Waals surface area contributed by atoms with E-state index in [0.717, 1.165) is 13.0 Å². The molecule has 0 spiro atoms. The van der Waals surface area contributed by atoms with Crippen molar-refractivity contribution >= 4 is 15.9 Å². The van der Waals surface area contributed by atoms with Crippen LogP contribution in [0.5, 0.6) is 11.5 Å². The number of halogens is 3. The maximum absolute atomic E-state index is 13.9. The fourth-order valence-corrected chi connectivity index (χ4v) is 2.11. The highest BCUT2D eigenvalue weighted by atomic mass is 79.9. The van der Waals surface area contributed by atoms with E-state index in [4.69, 9.17) is 4.74 Å². The van der Waals surface area contributed by atoms with Crippen LogP contribution in [0.2, 0.25) is 0 Å². The van der Waals surface area contributed by atoms with Gasteiger partial charge in [0, 0.05) is 18.2 Å². The lowest BCUT2D eigenvalue weighted by Crippen LogP contribution is -2.15. The number of hydrogen-bond acceptors (Lipinski definition) is 2. The van der Waals surface area contributed by atoms with Gasteiger partial charge in [-0.15, -0.1) is 0 Å². The van der Waals surface area contributed by atoms with Gasteiger partial charge in [0.15, 0.2) is 0 Å². The zero-order valence-corrected chi connectivity index (χ0v) is 13.2. The molecule has 21 heavy (non-hydrogen) atoms. The fraction of sp³-hybridized carbons (Fsp3) is 0.250. The van der Waals surface area contributed by atoms with Crippen LogP contribution in [-0.2, 0) is 6.54 Å². The van der Waals surface area contributed by atoms with E-state index in [1.54, 1.807) is 24.3 Å². The number of rotatable bonds is 6. The molecular formula is C16H16BrF2NO. The Hall–Kier alpha value is -1.46. The Morgan fingerprint density at radius 2 is 1.95 bits per heavy atom. The Morgan fingerprint density at radius 1 is 1.14 bits per heavy atom. The van der Waals surface area contributed by atoms with Crippen molar-refractivity contribution in [2.45, 2.75) is 19.9 Å².